The molecule has 0 radical (unpaired) electrons. The van der Waals surface area contributed by atoms with Crippen LogP contribution in [0, 0.1) is 0 Å². The molecule has 0 aliphatic heterocycles. The van der Waals surface area contributed by atoms with Gasteiger partial charge in [-0.1, -0.05) is 36.4 Å². The van der Waals surface area contributed by atoms with Crippen molar-refractivity contribution in [2.45, 2.75) is 5.88 Å². The third kappa shape index (κ3) is 2.40. The van der Waals surface area contributed by atoms with E-state index in [1.807, 2.05) is 36.4 Å². The highest BCUT2D eigenvalue weighted by molar-refractivity contribution is 6.17. The number of hydrogen-bond donors (Lipinski definition) is 0. The predicted molar refractivity (Wildman–Crippen MR) is 77.8 cm³/mol. The molecule has 0 bridgehead atoms. The molecule has 19 heavy (non-hydrogen) atoms. The number of hydrogen-bond acceptors (Lipinski definition) is 2. The van der Waals surface area contributed by atoms with Gasteiger partial charge in [-0.15, -0.1) is 11.6 Å². The summed E-state index contributed by atoms with van der Waals surface area (Å²) < 4.78 is 5.97. The van der Waals surface area contributed by atoms with Crippen molar-refractivity contribution in [3.63, 3.8) is 0 Å². The van der Waals surface area contributed by atoms with Crippen molar-refractivity contribution in [3.05, 3.63) is 66.5 Å². The minimum atomic E-state index is 0.405. The molecule has 0 aliphatic carbocycles. The number of halogens is 1. The van der Waals surface area contributed by atoms with Crippen molar-refractivity contribution < 1.29 is 4.74 Å². The summed E-state index contributed by atoms with van der Waals surface area (Å²) in [6, 6.07) is 16.0. The maximum absolute atomic E-state index is 5.97. The largest absolute Gasteiger partial charge is 0.455 e. The van der Waals surface area contributed by atoms with Gasteiger partial charge >= 0.3 is 0 Å². The van der Waals surface area contributed by atoms with Crippen molar-refractivity contribution in [1.29, 1.82) is 0 Å². The van der Waals surface area contributed by atoms with Crippen LogP contribution in [0.2, 0.25) is 0 Å². The Morgan fingerprint density at radius 3 is 2.68 bits per heavy atom. The summed E-state index contributed by atoms with van der Waals surface area (Å²) >= 11 is 5.91. The molecule has 1 heterocycles. The lowest BCUT2D eigenvalue weighted by molar-refractivity contribution is 0.481. The van der Waals surface area contributed by atoms with E-state index in [1.165, 1.54) is 0 Å². The van der Waals surface area contributed by atoms with E-state index < -0.39 is 0 Å². The maximum Gasteiger partial charge on any atom is 0.150 e. The molecule has 94 valence electrons. The summed E-state index contributed by atoms with van der Waals surface area (Å²) in [6.45, 7) is 0. The molecule has 0 saturated heterocycles. The SMILES string of the molecule is ClCc1ccncc1Oc1cccc2ccccc12. The maximum atomic E-state index is 5.97. The fraction of sp³-hybridized carbons (Fsp3) is 0.0625. The van der Waals surface area contributed by atoms with Crippen molar-refractivity contribution >= 4 is 22.4 Å². The summed E-state index contributed by atoms with van der Waals surface area (Å²) in [5, 5.41) is 2.23. The van der Waals surface area contributed by atoms with Gasteiger partial charge in [-0.2, -0.15) is 0 Å². The number of pyridine rings is 1. The zero-order valence-electron chi connectivity index (χ0n) is 10.2. The highest BCUT2D eigenvalue weighted by Gasteiger charge is 2.06. The Hall–Kier alpha value is -2.06. The summed E-state index contributed by atoms with van der Waals surface area (Å²) in [5.74, 6) is 1.93. The Kier molecular flexibility index (Phi) is 3.34. The van der Waals surface area contributed by atoms with Gasteiger partial charge in [-0.3, -0.25) is 4.98 Å². The van der Waals surface area contributed by atoms with Gasteiger partial charge in [-0.25, -0.2) is 0 Å². The van der Waals surface area contributed by atoms with Crippen LogP contribution in [0.25, 0.3) is 10.8 Å². The van der Waals surface area contributed by atoms with E-state index in [-0.39, 0.29) is 0 Å². The van der Waals surface area contributed by atoms with Gasteiger partial charge in [0.2, 0.25) is 0 Å². The molecule has 2 nitrogen and oxygen atoms in total. The molecule has 0 unspecified atom stereocenters. The molecule has 3 rings (SSSR count). The van der Waals surface area contributed by atoms with Crippen LogP contribution >= 0.6 is 11.6 Å². The Balaban J connectivity index is 2.06. The van der Waals surface area contributed by atoms with Crippen molar-refractivity contribution in [1.82, 2.24) is 4.98 Å². The number of aromatic nitrogens is 1. The summed E-state index contributed by atoms with van der Waals surface area (Å²) in [7, 11) is 0. The lowest BCUT2D eigenvalue weighted by Crippen LogP contribution is -1.91. The average Bonchev–Trinajstić information content (AvgIpc) is 2.48. The summed E-state index contributed by atoms with van der Waals surface area (Å²) in [4.78, 5) is 4.09. The first-order chi connectivity index (χ1) is 9.38. The average molecular weight is 270 g/mol. The minimum Gasteiger partial charge on any atom is -0.455 e. The van der Waals surface area contributed by atoms with E-state index in [0.29, 0.717) is 11.6 Å². The van der Waals surface area contributed by atoms with E-state index in [9.17, 15) is 0 Å². The van der Waals surface area contributed by atoms with Gasteiger partial charge in [0.15, 0.2) is 0 Å². The topological polar surface area (TPSA) is 22.1 Å². The molecule has 3 heteroatoms. The first-order valence-corrected chi connectivity index (χ1v) is 6.56. The number of alkyl halides is 1. The number of ether oxygens (including phenoxy) is 1. The van der Waals surface area contributed by atoms with E-state index >= 15 is 0 Å². The highest BCUT2D eigenvalue weighted by Crippen LogP contribution is 2.31. The van der Waals surface area contributed by atoms with Crippen LogP contribution < -0.4 is 4.74 Å². The molecule has 3 aromatic rings. The fourth-order valence-electron chi connectivity index (χ4n) is 2.01. The number of benzene rings is 2. The first kappa shape index (κ1) is 12.0. The van der Waals surface area contributed by atoms with Crippen LogP contribution in [-0.2, 0) is 5.88 Å². The Labute approximate surface area is 116 Å². The first-order valence-electron chi connectivity index (χ1n) is 6.03. The minimum absolute atomic E-state index is 0.405. The molecule has 0 fully saturated rings. The van der Waals surface area contributed by atoms with E-state index in [4.69, 9.17) is 16.3 Å². The quantitative estimate of drug-likeness (QED) is 0.639. The lowest BCUT2D eigenvalue weighted by Gasteiger charge is -2.11. The Morgan fingerprint density at radius 1 is 0.947 bits per heavy atom. The molecule has 0 spiro atoms. The van der Waals surface area contributed by atoms with E-state index in [1.54, 1.807) is 12.4 Å². The number of fused-ring (bicyclic) bond motifs is 1. The molecule has 1 aromatic heterocycles. The van der Waals surface area contributed by atoms with Gasteiger partial charge in [-0.05, 0) is 17.5 Å². The Bertz CT molecular complexity index is 706. The smallest absolute Gasteiger partial charge is 0.150 e. The predicted octanol–water partition coefficient (Wildman–Crippen LogP) is 4.77. The molecule has 0 atom stereocenters. The normalized spacial score (nSPS) is 10.6. The third-order valence-corrected chi connectivity index (χ3v) is 3.27. The van der Waals surface area contributed by atoms with E-state index in [2.05, 4.69) is 17.1 Å². The van der Waals surface area contributed by atoms with Crippen LogP contribution in [0.4, 0.5) is 0 Å². The van der Waals surface area contributed by atoms with Gasteiger partial charge in [0, 0.05) is 17.1 Å². The number of rotatable bonds is 3. The summed E-state index contributed by atoms with van der Waals surface area (Å²) in [6.07, 6.45) is 3.41. The zero-order valence-corrected chi connectivity index (χ0v) is 11.0. The van der Waals surface area contributed by atoms with Crippen molar-refractivity contribution in [3.8, 4) is 11.5 Å². The molecule has 0 aliphatic rings. The monoisotopic (exact) mass is 269 g/mol. The van der Waals surface area contributed by atoms with Crippen LogP contribution in [-0.4, -0.2) is 4.98 Å². The van der Waals surface area contributed by atoms with Gasteiger partial charge in [0.25, 0.3) is 0 Å². The standard InChI is InChI=1S/C16H12ClNO/c17-10-13-8-9-18-11-16(13)19-15-7-3-5-12-4-1-2-6-14(12)15/h1-9,11H,10H2. The van der Waals surface area contributed by atoms with Crippen LogP contribution in [0.5, 0.6) is 11.5 Å². The Morgan fingerprint density at radius 2 is 1.79 bits per heavy atom. The molecular formula is C16H12ClNO. The van der Waals surface area contributed by atoms with Gasteiger partial charge in [0.1, 0.15) is 11.5 Å². The fourth-order valence-corrected chi connectivity index (χ4v) is 2.24. The van der Waals surface area contributed by atoms with Crippen molar-refractivity contribution in [2.75, 3.05) is 0 Å². The van der Waals surface area contributed by atoms with Crippen LogP contribution in [0.15, 0.2) is 60.9 Å². The second-order valence-corrected chi connectivity index (χ2v) is 4.46. The van der Waals surface area contributed by atoms with Crippen LogP contribution in [0.3, 0.4) is 0 Å². The molecular weight excluding hydrogens is 258 g/mol. The lowest BCUT2D eigenvalue weighted by atomic mass is 10.1. The highest BCUT2D eigenvalue weighted by atomic mass is 35.5. The molecule has 0 N–H and O–H groups in total. The van der Waals surface area contributed by atoms with Gasteiger partial charge in [0.05, 0.1) is 12.1 Å². The van der Waals surface area contributed by atoms with E-state index in [0.717, 1.165) is 22.1 Å². The molecule has 0 saturated carbocycles. The van der Waals surface area contributed by atoms with Gasteiger partial charge < -0.3 is 4.74 Å². The third-order valence-electron chi connectivity index (χ3n) is 2.98. The van der Waals surface area contributed by atoms with Crippen molar-refractivity contribution in [2.24, 2.45) is 0 Å². The van der Waals surface area contributed by atoms with Crippen LogP contribution in [0.1, 0.15) is 5.56 Å². The zero-order chi connectivity index (χ0) is 13.1. The summed E-state index contributed by atoms with van der Waals surface area (Å²) in [5.41, 5.74) is 0.935. The second-order valence-electron chi connectivity index (χ2n) is 4.20. The second kappa shape index (κ2) is 5.29. The number of nitrogens with zero attached hydrogens (tertiary/aromatic N) is 1. The molecule has 0 amide bonds. The molecule has 2 aromatic carbocycles.